The van der Waals surface area contributed by atoms with Gasteiger partial charge in [0.25, 0.3) is 0 Å². The molecule has 0 saturated carbocycles. The minimum Gasteiger partial charge on any atom is -0.310 e. The van der Waals surface area contributed by atoms with Crippen molar-refractivity contribution in [2.24, 2.45) is 0 Å². The van der Waals surface area contributed by atoms with E-state index in [1.807, 2.05) is 22.7 Å². The Hall–Kier alpha value is -10.9. The smallest absolute Gasteiger partial charge is 0.0488 e. The quantitative estimate of drug-likeness (QED) is 0.114. The molecule has 0 aliphatic carbocycles. The first-order valence-corrected chi connectivity index (χ1v) is 31.6. The minimum atomic E-state index is 1.01. The molecule has 0 bridgehead atoms. The lowest BCUT2D eigenvalue weighted by atomic mass is 9.90. The zero-order valence-corrected chi connectivity index (χ0v) is 49.7. The molecule has 414 valence electrons. The SMILES string of the molecule is c1ccc(-c2cccc(N(c3cccc(-c4ccccc4)c3)c3cc(-c4cc(-c5cccc6sc7ccccc7c56)cc(-c5cccc6sc7ccccc7c56)c4)cc(N(c4cccc(-c5ccccc5)c4)c4cccc(-c5ccccc5)c4)c3)c2)cc1. The van der Waals surface area contributed by atoms with E-state index in [2.05, 4.69) is 350 Å². The van der Waals surface area contributed by atoms with Gasteiger partial charge in [-0.2, -0.15) is 0 Å². The maximum Gasteiger partial charge on any atom is 0.0488 e. The Bertz CT molecular complexity index is 4740. The number of thiophene rings is 2. The van der Waals surface area contributed by atoms with Gasteiger partial charge in [-0.25, -0.2) is 0 Å². The van der Waals surface area contributed by atoms with Gasteiger partial charge in [-0.15, -0.1) is 22.7 Å². The summed E-state index contributed by atoms with van der Waals surface area (Å²) < 4.78 is 5.12. The van der Waals surface area contributed by atoms with Crippen molar-refractivity contribution in [3.05, 3.63) is 340 Å². The summed E-state index contributed by atoms with van der Waals surface area (Å²) in [4.78, 5) is 4.93. The summed E-state index contributed by atoms with van der Waals surface area (Å²) >= 11 is 3.73. The molecule has 16 rings (SSSR count). The fourth-order valence-corrected chi connectivity index (χ4v) is 15.1. The predicted molar refractivity (Wildman–Crippen MR) is 380 cm³/mol. The highest BCUT2D eigenvalue weighted by Gasteiger charge is 2.24. The topological polar surface area (TPSA) is 6.48 Å². The van der Waals surface area contributed by atoms with Crippen molar-refractivity contribution in [1.82, 2.24) is 0 Å². The van der Waals surface area contributed by atoms with Crippen molar-refractivity contribution in [2.75, 3.05) is 9.80 Å². The normalized spacial score (nSPS) is 11.4. The summed E-state index contributed by atoms with van der Waals surface area (Å²) in [5.41, 5.74) is 22.3. The number of benzene rings is 14. The van der Waals surface area contributed by atoms with Gasteiger partial charge in [-0.05, 0) is 187 Å². The van der Waals surface area contributed by atoms with E-state index in [1.165, 1.54) is 51.5 Å². The van der Waals surface area contributed by atoms with Gasteiger partial charge in [0.1, 0.15) is 0 Å². The molecule has 0 unspecified atom stereocenters. The van der Waals surface area contributed by atoms with E-state index in [4.69, 9.17) is 0 Å². The van der Waals surface area contributed by atoms with Crippen molar-refractivity contribution in [3.8, 4) is 77.9 Å². The van der Waals surface area contributed by atoms with Crippen LogP contribution in [0.5, 0.6) is 0 Å². The Morgan fingerprint density at radius 3 is 0.807 bits per heavy atom. The van der Waals surface area contributed by atoms with Crippen molar-refractivity contribution >= 4 is 97.1 Å². The van der Waals surface area contributed by atoms with Crippen LogP contribution in [0.1, 0.15) is 0 Å². The number of fused-ring (bicyclic) bond motifs is 6. The highest BCUT2D eigenvalue weighted by molar-refractivity contribution is 7.26. The minimum absolute atomic E-state index is 1.01. The highest BCUT2D eigenvalue weighted by atomic mass is 32.1. The van der Waals surface area contributed by atoms with Crippen LogP contribution in [0.25, 0.3) is 118 Å². The summed E-state index contributed by atoms with van der Waals surface area (Å²) in [5.74, 6) is 0. The maximum absolute atomic E-state index is 2.46. The Kier molecular flexibility index (Phi) is 13.7. The van der Waals surface area contributed by atoms with E-state index in [-0.39, 0.29) is 0 Å². The molecule has 0 aliphatic heterocycles. The third kappa shape index (κ3) is 10.0. The molecule has 4 heteroatoms. The van der Waals surface area contributed by atoms with Crippen LogP contribution in [0.15, 0.2) is 340 Å². The summed E-state index contributed by atoms with van der Waals surface area (Å²) in [7, 11) is 0. The van der Waals surface area contributed by atoms with Crippen molar-refractivity contribution < 1.29 is 0 Å². The molecule has 16 aromatic rings. The molecule has 0 fully saturated rings. The lowest BCUT2D eigenvalue weighted by Gasteiger charge is -2.31. The summed E-state index contributed by atoms with van der Waals surface area (Å²) in [5, 5.41) is 5.12. The first-order chi connectivity index (χ1) is 43.6. The summed E-state index contributed by atoms with van der Waals surface area (Å²) in [6.07, 6.45) is 0. The number of nitrogens with zero attached hydrogens (tertiary/aromatic N) is 2. The number of anilines is 6. The van der Waals surface area contributed by atoms with Gasteiger partial charge in [0.05, 0.1) is 0 Å². The molecule has 0 aliphatic rings. The monoisotopic (exact) mass is 1160 g/mol. The molecule has 0 radical (unpaired) electrons. The molecule has 2 aromatic heterocycles. The van der Waals surface area contributed by atoms with E-state index in [1.54, 1.807) is 0 Å². The molecular formula is C84H56N2S2. The number of hydrogen-bond donors (Lipinski definition) is 0. The van der Waals surface area contributed by atoms with E-state index in [0.717, 1.165) is 101 Å². The maximum atomic E-state index is 2.46. The predicted octanol–water partition coefficient (Wildman–Crippen LogP) is 25.0. The zero-order valence-electron chi connectivity index (χ0n) is 48.0. The largest absolute Gasteiger partial charge is 0.310 e. The van der Waals surface area contributed by atoms with Crippen molar-refractivity contribution in [2.45, 2.75) is 0 Å². The van der Waals surface area contributed by atoms with Crippen LogP contribution in [-0.2, 0) is 0 Å². The first kappa shape index (κ1) is 52.7. The van der Waals surface area contributed by atoms with E-state index in [9.17, 15) is 0 Å². The molecule has 0 amide bonds. The lowest BCUT2D eigenvalue weighted by molar-refractivity contribution is 1.25. The standard InChI is InChI=1S/C84H56N2S2/c1-5-23-57(24-6-1)61-31-17-35-69(50-61)85(70-36-18-32-62(51-70)58-25-7-2-8-26-58)73-54-66(55-74(56-73)86(71-37-19-33-63(52-71)59-27-9-3-10-28-59)72-38-20-34-64(53-72)60-29-11-4-12-30-60)65-47-67(75-41-21-45-81-83(75)77-39-13-15-43-79(77)87-81)49-68(48-65)76-42-22-46-82-84(76)78-40-14-16-44-80(78)88-82/h1-56H. The van der Waals surface area contributed by atoms with Crippen LogP contribution in [-0.4, -0.2) is 0 Å². The van der Waals surface area contributed by atoms with Crippen LogP contribution < -0.4 is 9.80 Å². The average Bonchev–Trinajstić information content (AvgIpc) is 2.29. The van der Waals surface area contributed by atoms with E-state index < -0.39 is 0 Å². The highest BCUT2D eigenvalue weighted by Crippen LogP contribution is 2.49. The van der Waals surface area contributed by atoms with Gasteiger partial charge in [0, 0.05) is 74.5 Å². The summed E-state index contributed by atoms with van der Waals surface area (Å²) in [6, 6.07) is 125. The molecule has 2 nitrogen and oxygen atoms in total. The van der Waals surface area contributed by atoms with Gasteiger partial charge in [0.15, 0.2) is 0 Å². The van der Waals surface area contributed by atoms with Gasteiger partial charge >= 0.3 is 0 Å². The Labute approximate surface area is 521 Å². The van der Waals surface area contributed by atoms with Gasteiger partial charge in [-0.1, -0.05) is 231 Å². The second-order valence-electron chi connectivity index (χ2n) is 22.4. The van der Waals surface area contributed by atoms with Gasteiger partial charge in [-0.3, -0.25) is 0 Å². The van der Waals surface area contributed by atoms with Crippen LogP contribution in [0.2, 0.25) is 0 Å². The molecule has 0 N–H and O–H groups in total. The fraction of sp³-hybridized carbons (Fsp3) is 0. The fourth-order valence-electron chi connectivity index (χ4n) is 12.9. The molecule has 88 heavy (non-hydrogen) atoms. The average molecular weight is 1160 g/mol. The Balaban J connectivity index is 1.01. The molecular weight excluding hydrogens is 1100 g/mol. The van der Waals surface area contributed by atoms with Crippen molar-refractivity contribution in [3.63, 3.8) is 0 Å². The second kappa shape index (κ2) is 22.8. The molecule has 14 aromatic carbocycles. The molecule has 0 spiro atoms. The summed E-state index contributed by atoms with van der Waals surface area (Å²) in [6.45, 7) is 0. The number of hydrogen-bond acceptors (Lipinski definition) is 4. The number of rotatable bonds is 13. The molecule has 2 heterocycles. The van der Waals surface area contributed by atoms with Crippen LogP contribution in [0, 0.1) is 0 Å². The van der Waals surface area contributed by atoms with Crippen molar-refractivity contribution in [1.29, 1.82) is 0 Å². The van der Waals surface area contributed by atoms with Crippen LogP contribution in [0.3, 0.4) is 0 Å². The third-order valence-corrected chi connectivity index (χ3v) is 19.2. The third-order valence-electron chi connectivity index (χ3n) is 17.0. The zero-order chi connectivity index (χ0) is 58.3. The van der Waals surface area contributed by atoms with Crippen LogP contribution >= 0.6 is 22.7 Å². The van der Waals surface area contributed by atoms with E-state index >= 15 is 0 Å². The first-order valence-electron chi connectivity index (χ1n) is 29.9. The lowest BCUT2D eigenvalue weighted by Crippen LogP contribution is -2.14. The molecule has 0 atom stereocenters. The Morgan fingerprint density at radius 1 is 0.170 bits per heavy atom. The van der Waals surface area contributed by atoms with Crippen LogP contribution in [0.4, 0.5) is 34.1 Å². The van der Waals surface area contributed by atoms with Gasteiger partial charge < -0.3 is 9.80 Å². The second-order valence-corrected chi connectivity index (χ2v) is 24.6. The Morgan fingerprint density at radius 2 is 0.443 bits per heavy atom. The van der Waals surface area contributed by atoms with E-state index in [0.29, 0.717) is 0 Å². The molecule has 0 saturated heterocycles. The van der Waals surface area contributed by atoms with Gasteiger partial charge in [0.2, 0.25) is 0 Å².